The zero-order valence-electron chi connectivity index (χ0n) is 17.5. The van der Waals surface area contributed by atoms with Crippen LogP contribution < -0.4 is 0 Å². The molecule has 0 saturated heterocycles. The lowest BCUT2D eigenvalue weighted by atomic mass is 10.0. The fourth-order valence-corrected chi connectivity index (χ4v) is 6.76. The maximum Gasteiger partial charge on any atom is 0.148 e. The average molecular weight is 431 g/mol. The van der Waals surface area contributed by atoms with Crippen LogP contribution in [0.4, 0.5) is 0 Å². The van der Waals surface area contributed by atoms with E-state index in [2.05, 4.69) is 67.8 Å². The fraction of sp³-hybridized carbons (Fsp3) is 0.259. The van der Waals surface area contributed by atoms with Gasteiger partial charge in [-0.15, -0.1) is 22.7 Å². The predicted octanol–water partition coefficient (Wildman–Crippen LogP) is 9.47. The van der Waals surface area contributed by atoms with E-state index in [9.17, 15) is 0 Å². The van der Waals surface area contributed by atoms with E-state index >= 15 is 0 Å². The van der Waals surface area contributed by atoms with Crippen molar-refractivity contribution in [1.29, 1.82) is 0 Å². The molecule has 0 atom stereocenters. The summed E-state index contributed by atoms with van der Waals surface area (Å²) in [5, 5.41) is 6.10. The second kappa shape index (κ2) is 8.41. The monoisotopic (exact) mass is 430 g/mol. The Morgan fingerprint density at radius 2 is 1.50 bits per heavy atom. The Hall–Kier alpha value is -2.36. The number of fused-ring (bicyclic) bond motifs is 2. The average Bonchev–Trinajstić information content (AvgIpc) is 3.47. The van der Waals surface area contributed by atoms with Crippen LogP contribution in [0.1, 0.15) is 43.7 Å². The van der Waals surface area contributed by atoms with Crippen molar-refractivity contribution in [2.45, 2.75) is 46.0 Å². The quantitative estimate of drug-likeness (QED) is 0.234. The minimum Gasteiger partial charge on any atom is -0.455 e. The van der Waals surface area contributed by atoms with E-state index in [1.165, 1.54) is 74.0 Å². The highest BCUT2D eigenvalue weighted by molar-refractivity contribution is 7.25. The number of thiophene rings is 2. The largest absolute Gasteiger partial charge is 0.455 e. The van der Waals surface area contributed by atoms with Crippen LogP contribution >= 0.6 is 22.7 Å². The molecule has 0 fully saturated rings. The number of rotatable bonds is 7. The van der Waals surface area contributed by atoms with Gasteiger partial charge in [-0.2, -0.15) is 0 Å². The summed E-state index contributed by atoms with van der Waals surface area (Å²) in [6, 6.07) is 19.5. The van der Waals surface area contributed by atoms with Crippen LogP contribution in [0.3, 0.4) is 0 Å². The number of para-hydroxylation sites is 1. The molecule has 1 nitrogen and oxygen atoms in total. The first-order valence-corrected chi connectivity index (χ1v) is 12.5. The number of hydrogen-bond acceptors (Lipinski definition) is 3. The Bertz CT molecular complexity index is 1300. The zero-order valence-corrected chi connectivity index (χ0v) is 19.2. The Balaban J connectivity index is 1.62. The van der Waals surface area contributed by atoms with E-state index in [-0.39, 0.29) is 0 Å². The molecule has 0 bridgehead atoms. The first-order chi connectivity index (χ1) is 14.8. The third-order valence-corrected chi connectivity index (χ3v) is 8.26. The third-order valence-electron chi connectivity index (χ3n) is 5.92. The first kappa shape index (κ1) is 19.6. The van der Waals surface area contributed by atoms with Gasteiger partial charge in [0.2, 0.25) is 0 Å². The van der Waals surface area contributed by atoms with Crippen molar-refractivity contribution in [2.75, 3.05) is 0 Å². The number of furan rings is 1. The van der Waals surface area contributed by atoms with Crippen molar-refractivity contribution in [3.63, 3.8) is 0 Å². The summed E-state index contributed by atoms with van der Waals surface area (Å²) in [7, 11) is 0. The molecule has 3 aromatic heterocycles. The lowest BCUT2D eigenvalue weighted by molar-refractivity contribution is 0.631. The van der Waals surface area contributed by atoms with Gasteiger partial charge in [0.05, 0.1) is 9.75 Å². The molecule has 0 amide bonds. The topological polar surface area (TPSA) is 13.1 Å². The first-order valence-electron chi connectivity index (χ1n) is 10.8. The molecule has 0 aliphatic rings. The zero-order chi connectivity index (χ0) is 20.5. The van der Waals surface area contributed by atoms with Crippen LogP contribution in [-0.2, 0) is 6.42 Å². The fourth-order valence-electron chi connectivity index (χ4n) is 4.29. The SMILES string of the molecule is CCCCCCc1ccsc1-c1sc(-c2oc3ccccc3c2C)c2ccccc12. The van der Waals surface area contributed by atoms with Gasteiger partial charge in [-0.25, -0.2) is 0 Å². The van der Waals surface area contributed by atoms with Crippen molar-refractivity contribution in [3.05, 3.63) is 71.1 Å². The minimum atomic E-state index is 0.969. The van der Waals surface area contributed by atoms with E-state index < -0.39 is 0 Å². The number of hydrogen-bond donors (Lipinski definition) is 0. The Morgan fingerprint density at radius 1 is 0.767 bits per heavy atom. The molecule has 0 unspecified atom stereocenters. The van der Waals surface area contributed by atoms with Crippen LogP contribution in [-0.4, -0.2) is 0 Å². The Morgan fingerprint density at radius 3 is 2.27 bits per heavy atom. The molecule has 3 heteroatoms. The summed E-state index contributed by atoms with van der Waals surface area (Å²) in [5.41, 5.74) is 3.70. The van der Waals surface area contributed by atoms with Crippen molar-refractivity contribution in [2.24, 2.45) is 0 Å². The number of benzene rings is 2. The number of unbranched alkanes of at least 4 members (excludes halogenated alkanes) is 3. The molecular weight excluding hydrogens is 404 g/mol. The second-order valence-corrected chi connectivity index (χ2v) is 9.88. The molecule has 30 heavy (non-hydrogen) atoms. The summed E-state index contributed by atoms with van der Waals surface area (Å²) in [6.45, 7) is 4.45. The predicted molar refractivity (Wildman–Crippen MR) is 133 cm³/mol. The number of aryl methyl sites for hydroxylation is 2. The van der Waals surface area contributed by atoms with Gasteiger partial charge >= 0.3 is 0 Å². The summed E-state index contributed by atoms with van der Waals surface area (Å²) in [4.78, 5) is 4.08. The highest BCUT2D eigenvalue weighted by atomic mass is 32.1. The summed E-state index contributed by atoms with van der Waals surface area (Å²) in [5.74, 6) is 1.02. The van der Waals surface area contributed by atoms with Gasteiger partial charge in [0.1, 0.15) is 11.3 Å². The molecule has 0 N–H and O–H groups in total. The molecule has 0 aliphatic heterocycles. The molecule has 0 saturated carbocycles. The Labute approximate surface area is 186 Å². The molecule has 0 aliphatic carbocycles. The summed E-state index contributed by atoms with van der Waals surface area (Å²) < 4.78 is 6.36. The van der Waals surface area contributed by atoms with Gasteiger partial charge in [0.15, 0.2) is 0 Å². The van der Waals surface area contributed by atoms with E-state index in [0.29, 0.717) is 0 Å². The molecular formula is C27H26OS2. The normalized spacial score (nSPS) is 11.7. The minimum absolute atomic E-state index is 0.969. The van der Waals surface area contributed by atoms with Gasteiger partial charge in [0, 0.05) is 26.6 Å². The molecule has 5 aromatic rings. The van der Waals surface area contributed by atoms with Crippen LogP contribution in [0, 0.1) is 6.92 Å². The van der Waals surface area contributed by atoms with Gasteiger partial charge in [-0.05, 0) is 42.8 Å². The van der Waals surface area contributed by atoms with Gasteiger partial charge in [-0.3, -0.25) is 0 Å². The van der Waals surface area contributed by atoms with Crippen molar-refractivity contribution in [3.8, 4) is 20.4 Å². The van der Waals surface area contributed by atoms with Crippen LogP contribution in [0.25, 0.3) is 42.1 Å². The van der Waals surface area contributed by atoms with Crippen LogP contribution in [0.2, 0.25) is 0 Å². The van der Waals surface area contributed by atoms with Gasteiger partial charge < -0.3 is 4.42 Å². The van der Waals surface area contributed by atoms with Gasteiger partial charge in [0.25, 0.3) is 0 Å². The molecule has 3 heterocycles. The highest BCUT2D eigenvalue weighted by Gasteiger charge is 2.21. The van der Waals surface area contributed by atoms with E-state index in [0.717, 1.165) is 11.3 Å². The molecule has 152 valence electrons. The van der Waals surface area contributed by atoms with Gasteiger partial charge in [-0.1, -0.05) is 68.7 Å². The molecule has 0 radical (unpaired) electrons. The lowest BCUT2D eigenvalue weighted by Crippen LogP contribution is -1.85. The van der Waals surface area contributed by atoms with Crippen molar-refractivity contribution in [1.82, 2.24) is 0 Å². The van der Waals surface area contributed by atoms with Crippen molar-refractivity contribution < 1.29 is 4.42 Å². The van der Waals surface area contributed by atoms with E-state index in [1.807, 2.05) is 28.7 Å². The smallest absolute Gasteiger partial charge is 0.148 e. The van der Waals surface area contributed by atoms with E-state index in [1.54, 1.807) is 0 Å². The summed E-state index contributed by atoms with van der Waals surface area (Å²) >= 11 is 3.77. The van der Waals surface area contributed by atoms with Crippen molar-refractivity contribution >= 4 is 44.4 Å². The molecule has 5 rings (SSSR count). The standard InChI is InChI=1S/C27H26OS2/c1-3-4-5-6-11-19-16-17-29-25(19)27-22-14-8-7-13-21(22)26(30-27)24-18(2)20-12-9-10-15-23(20)28-24/h7-10,12-17H,3-6,11H2,1-2H3. The summed E-state index contributed by atoms with van der Waals surface area (Å²) in [6.07, 6.45) is 6.38. The Kier molecular flexibility index (Phi) is 5.49. The molecule has 2 aromatic carbocycles. The second-order valence-electron chi connectivity index (χ2n) is 7.94. The third kappa shape index (κ3) is 3.40. The maximum atomic E-state index is 6.36. The lowest BCUT2D eigenvalue weighted by Gasteiger charge is -2.03. The highest BCUT2D eigenvalue weighted by Crippen LogP contribution is 2.48. The van der Waals surface area contributed by atoms with E-state index in [4.69, 9.17) is 4.42 Å². The molecule has 0 spiro atoms. The maximum absolute atomic E-state index is 6.36. The van der Waals surface area contributed by atoms with Crippen LogP contribution in [0.15, 0.2) is 64.4 Å². The van der Waals surface area contributed by atoms with Crippen LogP contribution in [0.5, 0.6) is 0 Å².